The lowest BCUT2D eigenvalue weighted by Crippen LogP contribution is -2.47. The van der Waals surface area contributed by atoms with Crippen LogP contribution in [-0.2, 0) is 9.47 Å². The van der Waals surface area contributed by atoms with Crippen LogP contribution in [0.25, 0.3) is 0 Å². The van der Waals surface area contributed by atoms with Gasteiger partial charge in [0, 0.05) is 45.9 Å². The molecule has 6 heteroatoms. The van der Waals surface area contributed by atoms with Crippen molar-refractivity contribution in [1.29, 1.82) is 0 Å². The third-order valence-electron chi connectivity index (χ3n) is 6.91. The zero-order valence-electron chi connectivity index (χ0n) is 16.4. The van der Waals surface area contributed by atoms with Gasteiger partial charge in [0.25, 0.3) is 5.91 Å². The molecule has 6 nitrogen and oxygen atoms in total. The number of carbonyl (C=O) groups excluding carboxylic acids is 1. The van der Waals surface area contributed by atoms with Crippen molar-refractivity contribution in [2.45, 2.75) is 25.7 Å². The summed E-state index contributed by atoms with van der Waals surface area (Å²) in [4.78, 5) is 17.4. The minimum absolute atomic E-state index is 0.0163. The van der Waals surface area contributed by atoms with Crippen LogP contribution in [0.4, 0.5) is 0 Å². The van der Waals surface area contributed by atoms with E-state index >= 15 is 0 Å². The van der Waals surface area contributed by atoms with Crippen molar-refractivity contribution in [1.82, 2.24) is 9.80 Å². The first-order valence-electron chi connectivity index (χ1n) is 10.3. The fourth-order valence-electron chi connectivity index (χ4n) is 5.22. The van der Waals surface area contributed by atoms with Crippen LogP contribution in [0, 0.1) is 17.3 Å². The van der Waals surface area contributed by atoms with Crippen molar-refractivity contribution in [3.8, 4) is 0 Å². The lowest BCUT2D eigenvalue weighted by Gasteiger charge is -2.43. The quantitative estimate of drug-likeness (QED) is 0.790. The third kappa shape index (κ3) is 4.08. The number of methoxy groups -OCH3 is 1. The number of furan rings is 1. The van der Waals surface area contributed by atoms with E-state index in [2.05, 4.69) is 4.90 Å². The molecule has 1 amide bonds. The zero-order chi connectivity index (χ0) is 18.7. The fraction of sp³-hybridized carbons (Fsp3) is 0.762. The monoisotopic (exact) mass is 376 g/mol. The topological polar surface area (TPSA) is 55.2 Å². The average Bonchev–Trinajstić information content (AvgIpc) is 3.34. The van der Waals surface area contributed by atoms with E-state index in [9.17, 15) is 4.79 Å². The predicted molar refractivity (Wildman–Crippen MR) is 102 cm³/mol. The molecule has 3 aliphatic rings. The van der Waals surface area contributed by atoms with Crippen LogP contribution in [0.3, 0.4) is 0 Å². The standard InChI is InChI=1S/C21H32N2O4/c1-25-15-18-14-23(20(24)19-3-2-10-27-19)16-21(18)6-8-22(9-7-21)13-17-4-11-26-12-5-17/h2-3,10,17-18H,4-9,11-16H2,1H3/t18-/m1/s1. The van der Waals surface area contributed by atoms with Crippen molar-refractivity contribution >= 4 is 5.91 Å². The maximum Gasteiger partial charge on any atom is 0.289 e. The van der Waals surface area contributed by atoms with Gasteiger partial charge in [-0.1, -0.05) is 0 Å². The summed E-state index contributed by atoms with van der Waals surface area (Å²) in [6, 6.07) is 3.54. The van der Waals surface area contributed by atoms with Gasteiger partial charge in [-0.05, 0) is 62.2 Å². The molecule has 0 bridgehead atoms. The van der Waals surface area contributed by atoms with Gasteiger partial charge in [-0.2, -0.15) is 0 Å². The van der Waals surface area contributed by atoms with Gasteiger partial charge in [0.2, 0.25) is 0 Å². The van der Waals surface area contributed by atoms with Crippen LogP contribution in [0.1, 0.15) is 36.2 Å². The van der Waals surface area contributed by atoms with Crippen LogP contribution >= 0.6 is 0 Å². The number of rotatable bonds is 5. The number of hydrogen-bond acceptors (Lipinski definition) is 5. The number of piperidine rings is 1. The molecule has 4 rings (SSSR count). The number of amides is 1. The van der Waals surface area contributed by atoms with Crippen molar-refractivity contribution in [2.24, 2.45) is 17.3 Å². The summed E-state index contributed by atoms with van der Waals surface area (Å²) in [7, 11) is 1.77. The first-order chi connectivity index (χ1) is 13.2. The normalized spacial score (nSPS) is 26.7. The summed E-state index contributed by atoms with van der Waals surface area (Å²) < 4.78 is 16.4. The van der Waals surface area contributed by atoms with Gasteiger partial charge in [-0.25, -0.2) is 0 Å². The lowest BCUT2D eigenvalue weighted by atomic mass is 9.71. The van der Waals surface area contributed by atoms with Crippen molar-refractivity contribution in [3.05, 3.63) is 24.2 Å². The van der Waals surface area contributed by atoms with Crippen LogP contribution in [-0.4, -0.2) is 75.4 Å². The van der Waals surface area contributed by atoms with E-state index in [1.807, 2.05) is 4.90 Å². The van der Waals surface area contributed by atoms with Gasteiger partial charge in [-0.3, -0.25) is 4.79 Å². The first-order valence-corrected chi connectivity index (χ1v) is 10.3. The predicted octanol–water partition coefficient (Wildman–Crippen LogP) is 2.51. The highest BCUT2D eigenvalue weighted by molar-refractivity contribution is 5.91. The molecule has 27 heavy (non-hydrogen) atoms. The second-order valence-electron chi connectivity index (χ2n) is 8.53. The summed E-state index contributed by atoms with van der Waals surface area (Å²) >= 11 is 0. The Bertz CT molecular complexity index is 604. The Morgan fingerprint density at radius 3 is 2.74 bits per heavy atom. The fourth-order valence-corrected chi connectivity index (χ4v) is 5.22. The van der Waals surface area contributed by atoms with E-state index in [1.165, 1.54) is 19.4 Å². The molecule has 1 spiro atoms. The van der Waals surface area contributed by atoms with Gasteiger partial charge >= 0.3 is 0 Å². The first kappa shape index (κ1) is 19.0. The molecule has 1 atom stereocenters. The second-order valence-corrected chi connectivity index (χ2v) is 8.53. The van der Waals surface area contributed by atoms with Gasteiger partial charge in [0.1, 0.15) is 0 Å². The summed E-state index contributed by atoms with van der Waals surface area (Å²) in [6.45, 7) is 7.61. The molecule has 0 aromatic carbocycles. The Labute approximate surface area is 161 Å². The zero-order valence-corrected chi connectivity index (χ0v) is 16.4. The highest BCUT2D eigenvalue weighted by Crippen LogP contribution is 2.45. The number of hydrogen-bond donors (Lipinski definition) is 0. The molecular weight excluding hydrogens is 344 g/mol. The summed E-state index contributed by atoms with van der Waals surface area (Å²) in [5.74, 6) is 1.65. The molecule has 0 N–H and O–H groups in total. The molecule has 0 unspecified atom stereocenters. The molecule has 0 aliphatic carbocycles. The van der Waals surface area contributed by atoms with E-state index in [0.29, 0.717) is 11.7 Å². The minimum Gasteiger partial charge on any atom is -0.459 e. The molecule has 3 fully saturated rings. The van der Waals surface area contributed by atoms with E-state index in [-0.39, 0.29) is 11.3 Å². The SMILES string of the molecule is COC[C@H]1CN(C(=O)c2ccco2)CC12CCN(CC1CCOCC1)CC2. The van der Waals surface area contributed by atoms with Crippen molar-refractivity contribution in [2.75, 3.05) is 59.7 Å². The minimum atomic E-state index is 0.0163. The van der Waals surface area contributed by atoms with Gasteiger partial charge in [0.15, 0.2) is 5.76 Å². The number of likely N-dealkylation sites (tertiary alicyclic amines) is 2. The average molecular weight is 376 g/mol. The molecule has 3 aliphatic heterocycles. The van der Waals surface area contributed by atoms with E-state index in [4.69, 9.17) is 13.9 Å². The molecule has 3 saturated heterocycles. The molecule has 150 valence electrons. The molecular formula is C21H32N2O4. The van der Waals surface area contributed by atoms with Crippen LogP contribution in [0.15, 0.2) is 22.8 Å². The lowest BCUT2D eigenvalue weighted by molar-refractivity contribution is 0.0160. The smallest absolute Gasteiger partial charge is 0.289 e. The second kappa shape index (κ2) is 8.33. The van der Waals surface area contributed by atoms with E-state index in [1.54, 1.807) is 25.5 Å². The Hall–Kier alpha value is -1.37. The van der Waals surface area contributed by atoms with Gasteiger partial charge in [-0.15, -0.1) is 0 Å². The highest BCUT2D eigenvalue weighted by Gasteiger charge is 2.49. The van der Waals surface area contributed by atoms with Gasteiger partial charge < -0.3 is 23.7 Å². The number of nitrogens with zero attached hydrogens (tertiary/aromatic N) is 2. The molecule has 0 radical (unpaired) electrons. The Morgan fingerprint density at radius 1 is 1.30 bits per heavy atom. The third-order valence-corrected chi connectivity index (χ3v) is 6.91. The molecule has 4 heterocycles. The Morgan fingerprint density at radius 2 is 2.07 bits per heavy atom. The largest absolute Gasteiger partial charge is 0.459 e. The number of carbonyl (C=O) groups is 1. The van der Waals surface area contributed by atoms with Crippen molar-refractivity contribution in [3.63, 3.8) is 0 Å². The van der Waals surface area contributed by atoms with E-state index < -0.39 is 0 Å². The van der Waals surface area contributed by atoms with Crippen molar-refractivity contribution < 1.29 is 18.7 Å². The number of ether oxygens (including phenoxy) is 2. The maximum absolute atomic E-state index is 12.8. The Balaban J connectivity index is 1.38. The molecule has 1 aromatic rings. The Kier molecular flexibility index (Phi) is 5.85. The highest BCUT2D eigenvalue weighted by atomic mass is 16.5. The molecule has 1 aromatic heterocycles. The molecule has 0 saturated carbocycles. The van der Waals surface area contributed by atoms with Gasteiger partial charge in [0.05, 0.1) is 12.9 Å². The summed E-state index contributed by atoms with van der Waals surface area (Å²) in [5.41, 5.74) is 0.185. The van der Waals surface area contributed by atoms with E-state index in [0.717, 1.165) is 64.8 Å². The van der Waals surface area contributed by atoms with Crippen LogP contribution in [0.2, 0.25) is 0 Å². The summed E-state index contributed by atoms with van der Waals surface area (Å²) in [5, 5.41) is 0. The maximum atomic E-state index is 12.8. The van der Waals surface area contributed by atoms with Crippen LogP contribution < -0.4 is 0 Å². The summed E-state index contributed by atoms with van der Waals surface area (Å²) in [6.07, 6.45) is 6.25. The van der Waals surface area contributed by atoms with Crippen LogP contribution in [0.5, 0.6) is 0 Å².